The van der Waals surface area contributed by atoms with Gasteiger partial charge in [-0.05, 0) is 63.3 Å². The lowest BCUT2D eigenvalue weighted by atomic mass is 10.1. The number of rotatable bonds is 5. The third kappa shape index (κ3) is 4.41. The minimum atomic E-state index is 0.667. The maximum Gasteiger partial charge on any atom is 0.229 e. The van der Waals surface area contributed by atoms with Crippen molar-refractivity contribution in [3.63, 3.8) is 0 Å². The van der Waals surface area contributed by atoms with Crippen molar-refractivity contribution in [1.82, 2.24) is 19.5 Å². The minimum Gasteiger partial charge on any atom is -0.494 e. The first-order valence-electron chi connectivity index (χ1n) is 11.5. The Kier molecular flexibility index (Phi) is 6.21. The largest absolute Gasteiger partial charge is 0.494 e. The molecule has 1 saturated heterocycles. The number of aryl methyl sites for hydroxylation is 2. The summed E-state index contributed by atoms with van der Waals surface area (Å²) in [6, 6.07) is 6.07. The Morgan fingerprint density at radius 1 is 1.06 bits per heavy atom. The van der Waals surface area contributed by atoms with Gasteiger partial charge in [0, 0.05) is 31.0 Å². The topological polar surface area (TPSA) is 68.1 Å². The number of hydrogen-bond acceptors (Lipinski definition) is 7. The van der Waals surface area contributed by atoms with Gasteiger partial charge in [0.15, 0.2) is 0 Å². The van der Waals surface area contributed by atoms with Crippen molar-refractivity contribution in [2.24, 2.45) is 0 Å². The van der Waals surface area contributed by atoms with Crippen molar-refractivity contribution in [3.8, 4) is 11.4 Å². The Balaban J connectivity index is 1.47. The van der Waals surface area contributed by atoms with Crippen LogP contribution in [0.4, 0.5) is 17.5 Å². The van der Waals surface area contributed by atoms with Gasteiger partial charge in [-0.3, -0.25) is 0 Å². The van der Waals surface area contributed by atoms with E-state index in [0.29, 0.717) is 5.95 Å². The normalized spacial score (nSPS) is 16.4. The second-order valence-electron chi connectivity index (χ2n) is 8.43. The summed E-state index contributed by atoms with van der Waals surface area (Å²) < 4.78 is 7.65. The Labute approximate surface area is 193 Å². The van der Waals surface area contributed by atoms with Crippen molar-refractivity contribution >= 4 is 29.2 Å². The van der Waals surface area contributed by atoms with Gasteiger partial charge in [0.05, 0.1) is 35.4 Å². The third-order valence-corrected chi connectivity index (χ3v) is 7.25. The summed E-state index contributed by atoms with van der Waals surface area (Å²) in [5, 5.41) is 3.45. The van der Waals surface area contributed by atoms with E-state index in [1.54, 1.807) is 13.4 Å². The number of anilines is 3. The van der Waals surface area contributed by atoms with Gasteiger partial charge in [-0.1, -0.05) is 0 Å². The first-order chi connectivity index (χ1) is 15.7. The van der Waals surface area contributed by atoms with E-state index in [1.165, 1.54) is 42.7 Å². The molecule has 4 heterocycles. The Hall–Kier alpha value is -2.74. The van der Waals surface area contributed by atoms with Crippen LogP contribution < -0.4 is 15.0 Å². The van der Waals surface area contributed by atoms with Gasteiger partial charge in [0.25, 0.3) is 0 Å². The molecule has 0 radical (unpaired) electrons. The number of methoxy groups -OCH3 is 1. The fraction of sp³-hybridized carbons (Fsp3) is 0.458. The molecule has 2 aromatic heterocycles. The Bertz CT molecular complexity index is 1090. The molecule has 3 aromatic rings. The molecule has 1 aromatic carbocycles. The van der Waals surface area contributed by atoms with Crippen LogP contribution >= 0.6 is 11.8 Å². The first-order valence-corrected chi connectivity index (χ1v) is 12.4. The van der Waals surface area contributed by atoms with Crippen LogP contribution in [0.1, 0.15) is 43.5 Å². The van der Waals surface area contributed by atoms with Crippen LogP contribution in [-0.2, 0) is 6.42 Å². The molecule has 0 unspecified atom stereocenters. The average molecular weight is 451 g/mol. The molecule has 2 aliphatic heterocycles. The molecule has 1 N–H and O–H groups in total. The molecule has 0 aliphatic carbocycles. The lowest BCUT2D eigenvalue weighted by molar-refractivity contribution is 0.413. The van der Waals surface area contributed by atoms with Crippen LogP contribution in [0, 0.1) is 6.92 Å². The van der Waals surface area contributed by atoms with Crippen LogP contribution in [0.2, 0.25) is 0 Å². The average Bonchev–Trinajstić information content (AvgIpc) is 3.11. The highest BCUT2D eigenvalue weighted by Gasteiger charge is 2.23. The molecular formula is C24H30N6OS. The van der Waals surface area contributed by atoms with E-state index in [2.05, 4.69) is 15.2 Å². The van der Waals surface area contributed by atoms with E-state index >= 15 is 0 Å². The third-order valence-electron chi connectivity index (χ3n) is 6.05. The predicted octanol–water partition coefficient (Wildman–Crippen LogP) is 5.14. The van der Waals surface area contributed by atoms with E-state index in [-0.39, 0.29) is 0 Å². The van der Waals surface area contributed by atoms with Gasteiger partial charge in [-0.15, -0.1) is 11.8 Å². The van der Waals surface area contributed by atoms with Crippen molar-refractivity contribution in [1.29, 1.82) is 0 Å². The zero-order valence-electron chi connectivity index (χ0n) is 18.8. The molecule has 32 heavy (non-hydrogen) atoms. The molecule has 2 aliphatic rings. The Morgan fingerprint density at radius 3 is 2.72 bits per heavy atom. The molecule has 0 atom stereocenters. The molecule has 0 amide bonds. The van der Waals surface area contributed by atoms with Crippen LogP contribution in [0.15, 0.2) is 35.6 Å². The smallest absolute Gasteiger partial charge is 0.229 e. The van der Waals surface area contributed by atoms with Gasteiger partial charge >= 0.3 is 0 Å². The molecular weight excluding hydrogens is 420 g/mol. The minimum absolute atomic E-state index is 0.667. The number of aromatic nitrogens is 4. The fourth-order valence-electron chi connectivity index (χ4n) is 4.40. The zero-order chi connectivity index (χ0) is 21.9. The highest BCUT2D eigenvalue weighted by molar-refractivity contribution is 7.99. The number of nitrogens with zero attached hydrogens (tertiary/aromatic N) is 5. The van der Waals surface area contributed by atoms with Gasteiger partial charge in [0.1, 0.15) is 11.6 Å². The van der Waals surface area contributed by atoms with E-state index in [1.807, 2.05) is 47.6 Å². The number of hydrogen-bond donors (Lipinski definition) is 1. The summed E-state index contributed by atoms with van der Waals surface area (Å²) in [4.78, 5) is 18.0. The summed E-state index contributed by atoms with van der Waals surface area (Å²) >= 11 is 1.93. The zero-order valence-corrected chi connectivity index (χ0v) is 19.6. The number of nitrogens with one attached hydrogen (secondary N) is 1. The van der Waals surface area contributed by atoms with Gasteiger partial charge in [0.2, 0.25) is 5.95 Å². The molecule has 7 nitrogen and oxygen atoms in total. The molecule has 0 spiro atoms. The Morgan fingerprint density at radius 2 is 1.94 bits per heavy atom. The summed E-state index contributed by atoms with van der Waals surface area (Å²) in [6.45, 7) is 4.14. The molecule has 8 heteroatoms. The molecule has 0 bridgehead atoms. The van der Waals surface area contributed by atoms with Crippen molar-refractivity contribution < 1.29 is 4.74 Å². The number of benzene rings is 1. The lowest BCUT2D eigenvalue weighted by Crippen LogP contribution is -2.31. The second kappa shape index (κ2) is 9.40. The molecule has 1 fully saturated rings. The number of piperidine rings is 1. The number of imidazole rings is 1. The van der Waals surface area contributed by atoms with E-state index in [0.717, 1.165) is 53.9 Å². The molecule has 0 saturated carbocycles. The molecule has 168 valence electrons. The summed E-state index contributed by atoms with van der Waals surface area (Å²) in [6.07, 6.45) is 11.0. The first kappa shape index (κ1) is 21.1. The summed E-state index contributed by atoms with van der Waals surface area (Å²) in [5.41, 5.74) is 4.01. The number of thioether (sulfide) groups is 1. The van der Waals surface area contributed by atoms with Crippen LogP contribution in [0.3, 0.4) is 0 Å². The van der Waals surface area contributed by atoms with E-state index < -0.39 is 0 Å². The van der Waals surface area contributed by atoms with Crippen molar-refractivity contribution in [3.05, 3.63) is 42.1 Å². The van der Waals surface area contributed by atoms with Gasteiger partial charge in [-0.2, -0.15) is 4.98 Å². The molecule has 5 rings (SSSR count). The maximum atomic E-state index is 5.67. The van der Waals surface area contributed by atoms with Crippen LogP contribution in [0.5, 0.6) is 5.75 Å². The fourth-order valence-corrected chi connectivity index (χ4v) is 5.57. The highest BCUT2D eigenvalue weighted by atomic mass is 32.2. The second-order valence-corrected chi connectivity index (χ2v) is 9.54. The predicted molar refractivity (Wildman–Crippen MR) is 130 cm³/mol. The van der Waals surface area contributed by atoms with Crippen LogP contribution in [0.25, 0.3) is 5.69 Å². The van der Waals surface area contributed by atoms with Crippen molar-refractivity contribution in [2.45, 2.75) is 50.3 Å². The van der Waals surface area contributed by atoms with Crippen LogP contribution in [-0.4, -0.2) is 45.5 Å². The number of fused-ring (bicyclic) bond motifs is 1. The van der Waals surface area contributed by atoms with E-state index in [4.69, 9.17) is 14.7 Å². The SMILES string of the molecule is COc1cc(Nc2nc3c(c(N4CCCCC4)n2)SCCCC3)ccc1-n1cnc(C)c1. The van der Waals surface area contributed by atoms with E-state index in [9.17, 15) is 0 Å². The summed E-state index contributed by atoms with van der Waals surface area (Å²) in [7, 11) is 1.69. The lowest BCUT2D eigenvalue weighted by Gasteiger charge is -2.30. The quantitative estimate of drug-likeness (QED) is 0.577. The van der Waals surface area contributed by atoms with Crippen molar-refractivity contribution in [2.75, 3.05) is 36.2 Å². The maximum absolute atomic E-state index is 5.67. The highest BCUT2D eigenvalue weighted by Crippen LogP contribution is 2.37. The summed E-state index contributed by atoms with van der Waals surface area (Å²) in [5.74, 6) is 3.70. The van der Waals surface area contributed by atoms with Gasteiger partial charge < -0.3 is 19.5 Å². The number of ether oxygens (including phenoxy) is 1. The standard InChI is InChI=1S/C24H30N6OS/c1-17-15-30(16-25-17)20-10-9-18(14-21(20)31-2)26-24-27-19-8-4-7-13-32-22(19)23(28-24)29-11-5-3-6-12-29/h9-10,14-16H,3-8,11-13H2,1-2H3,(H,26,27,28). The monoisotopic (exact) mass is 450 g/mol. The van der Waals surface area contributed by atoms with Gasteiger partial charge in [-0.25, -0.2) is 9.97 Å².